The topological polar surface area (TPSA) is 29.1 Å². The third kappa shape index (κ3) is 1.93. The Morgan fingerprint density at radius 2 is 2.31 bits per heavy atom. The lowest BCUT2D eigenvalue weighted by Gasteiger charge is -2.17. The number of carbonyl (C=O) groups excluding carboxylic acids is 1. The Bertz CT molecular complexity index is 244. The molecule has 1 amide bonds. The third-order valence-electron chi connectivity index (χ3n) is 3.13. The van der Waals surface area contributed by atoms with Crippen LogP contribution in [0.25, 0.3) is 0 Å². The van der Waals surface area contributed by atoms with Crippen molar-refractivity contribution >= 4 is 5.91 Å². The van der Waals surface area contributed by atoms with E-state index in [1.807, 2.05) is 6.08 Å². The summed E-state index contributed by atoms with van der Waals surface area (Å²) >= 11 is 0. The fourth-order valence-corrected chi connectivity index (χ4v) is 2.11. The quantitative estimate of drug-likeness (QED) is 0.690. The molecule has 0 radical (unpaired) electrons. The van der Waals surface area contributed by atoms with E-state index in [4.69, 9.17) is 0 Å². The molecular formula is C11H17NO. The lowest BCUT2D eigenvalue weighted by Crippen LogP contribution is -2.35. The number of amides is 1. The Morgan fingerprint density at radius 3 is 2.77 bits per heavy atom. The number of rotatable bonds is 2. The molecule has 0 aromatic heterocycles. The van der Waals surface area contributed by atoms with E-state index in [1.165, 1.54) is 19.3 Å². The molecule has 0 aliphatic heterocycles. The van der Waals surface area contributed by atoms with Gasteiger partial charge in [-0.3, -0.25) is 4.79 Å². The van der Waals surface area contributed by atoms with Gasteiger partial charge in [-0.05, 0) is 38.0 Å². The number of nitrogens with one attached hydrogen (secondary N) is 1. The van der Waals surface area contributed by atoms with Crippen LogP contribution in [0, 0.1) is 5.92 Å². The van der Waals surface area contributed by atoms with Gasteiger partial charge in [0.2, 0.25) is 5.91 Å². The molecule has 1 fully saturated rings. The highest BCUT2D eigenvalue weighted by molar-refractivity contribution is 5.94. The summed E-state index contributed by atoms with van der Waals surface area (Å²) in [5.74, 6) is 0.978. The molecule has 72 valence electrons. The van der Waals surface area contributed by atoms with E-state index in [0.29, 0.717) is 6.04 Å². The summed E-state index contributed by atoms with van der Waals surface area (Å²) in [6.07, 6.45) is 7.70. The second-order valence-corrected chi connectivity index (χ2v) is 4.36. The van der Waals surface area contributed by atoms with E-state index < -0.39 is 0 Å². The molecule has 2 aliphatic carbocycles. The van der Waals surface area contributed by atoms with Crippen LogP contribution in [0.15, 0.2) is 11.6 Å². The van der Waals surface area contributed by atoms with Gasteiger partial charge in [0.05, 0.1) is 0 Å². The first kappa shape index (κ1) is 8.79. The number of hydrogen-bond donors (Lipinski definition) is 1. The Labute approximate surface area is 79.4 Å². The highest BCUT2D eigenvalue weighted by Gasteiger charge is 2.24. The van der Waals surface area contributed by atoms with Crippen molar-refractivity contribution in [1.29, 1.82) is 0 Å². The van der Waals surface area contributed by atoms with Gasteiger partial charge in [0, 0.05) is 11.6 Å². The molecule has 2 nitrogen and oxygen atoms in total. The number of hydrogen-bond acceptors (Lipinski definition) is 1. The van der Waals surface area contributed by atoms with Crippen molar-refractivity contribution in [2.45, 2.75) is 45.1 Å². The molecular weight excluding hydrogens is 162 g/mol. The molecule has 0 aromatic carbocycles. The molecule has 2 aliphatic rings. The van der Waals surface area contributed by atoms with Crippen LogP contribution in [0.3, 0.4) is 0 Å². The van der Waals surface area contributed by atoms with Crippen LogP contribution in [0.1, 0.15) is 39.0 Å². The zero-order chi connectivity index (χ0) is 9.26. The zero-order valence-electron chi connectivity index (χ0n) is 8.18. The summed E-state index contributed by atoms with van der Waals surface area (Å²) in [7, 11) is 0. The lowest BCUT2D eigenvalue weighted by atomic mass is 9.98. The molecule has 0 spiro atoms. The summed E-state index contributed by atoms with van der Waals surface area (Å²) in [5, 5.41) is 3.10. The van der Waals surface area contributed by atoms with Crippen molar-refractivity contribution < 1.29 is 4.79 Å². The maximum atomic E-state index is 11.5. The summed E-state index contributed by atoms with van der Waals surface area (Å²) in [4.78, 5) is 11.5. The van der Waals surface area contributed by atoms with E-state index in [-0.39, 0.29) is 5.91 Å². The van der Waals surface area contributed by atoms with E-state index in [2.05, 4.69) is 12.2 Å². The van der Waals surface area contributed by atoms with Crippen LogP contribution < -0.4 is 5.32 Å². The first-order valence-corrected chi connectivity index (χ1v) is 5.25. The predicted molar refractivity (Wildman–Crippen MR) is 52.3 cm³/mol. The normalized spacial score (nSPS) is 32.2. The van der Waals surface area contributed by atoms with Gasteiger partial charge in [-0.1, -0.05) is 13.0 Å². The first-order valence-electron chi connectivity index (χ1n) is 5.25. The fourth-order valence-electron chi connectivity index (χ4n) is 2.11. The minimum Gasteiger partial charge on any atom is -0.350 e. The molecule has 0 bridgehead atoms. The number of allylic oxidation sites excluding steroid dienone is 1. The Kier molecular flexibility index (Phi) is 2.38. The summed E-state index contributed by atoms with van der Waals surface area (Å²) < 4.78 is 0. The van der Waals surface area contributed by atoms with Crippen LogP contribution >= 0.6 is 0 Å². The van der Waals surface area contributed by atoms with Crippen LogP contribution in [0.5, 0.6) is 0 Å². The van der Waals surface area contributed by atoms with Crippen LogP contribution in [-0.2, 0) is 4.79 Å². The predicted octanol–water partition coefficient (Wildman–Crippen LogP) is 2.01. The summed E-state index contributed by atoms with van der Waals surface area (Å²) in [6, 6.07) is 0.448. The monoisotopic (exact) mass is 179 g/mol. The van der Waals surface area contributed by atoms with Crippen LogP contribution in [-0.4, -0.2) is 11.9 Å². The first-order chi connectivity index (χ1) is 6.25. The van der Waals surface area contributed by atoms with Crippen molar-refractivity contribution in [1.82, 2.24) is 5.32 Å². The molecule has 1 saturated carbocycles. The summed E-state index contributed by atoms with van der Waals surface area (Å²) in [6.45, 7) is 2.26. The van der Waals surface area contributed by atoms with Gasteiger partial charge in [-0.25, -0.2) is 0 Å². The van der Waals surface area contributed by atoms with E-state index in [0.717, 1.165) is 24.3 Å². The van der Waals surface area contributed by atoms with Gasteiger partial charge < -0.3 is 5.32 Å². The maximum absolute atomic E-state index is 11.5. The SMILES string of the molecule is CC1CCC(NC(=O)C2=CCC2)C1. The molecule has 0 saturated heterocycles. The van der Waals surface area contributed by atoms with Crippen molar-refractivity contribution in [2.75, 3.05) is 0 Å². The third-order valence-corrected chi connectivity index (χ3v) is 3.13. The van der Waals surface area contributed by atoms with Crippen molar-refractivity contribution in [2.24, 2.45) is 5.92 Å². The lowest BCUT2D eigenvalue weighted by molar-refractivity contribution is -0.118. The second-order valence-electron chi connectivity index (χ2n) is 4.36. The minimum absolute atomic E-state index is 0.186. The summed E-state index contributed by atoms with van der Waals surface area (Å²) in [5.41, 5.74) is 1.000. The largest absolute Gasteiger partial charge is 0.350 e. The highest BCUT2D eigenvalue weighted by atomic mass is 16.1. The molecule has 0 heterocycles. The fraction of sp³-hybridized carbons (Fsp3) is 0.727. The van der Waals surface area contributed by atoms with E-state index in [9.17, 15) is 4.79 Å². The average molecular weight is 179 g/mol. The van der Waals surface area contributed by atoms with Crippen molar-refractivity contribution in [3.05, 3.63) is 11.6 Å². The standard InChI is InChI=1S/C11H17NO/c1-8-5-6-10(7-8)12-11(13)9-3-2-4-9/h3,8,10H,2,4-7H2,1H3,(H,12,13). The molecule has 2 unspecified atom stereocenters. The van der Waals surface area contributed by atoms with E-state index in [1.54, 1.807) is 0 Å². The Hall–Kier alpha value is -0.790. The van der Waals surface area contributed by atoms with Gasteiger partial charge in [-0.15, -0.1) is 0 Å². The van der Waals surface area contributed by atoms with Crippen LogP contribution in [0.4, 0.5) is 0 Å². The minimum atomic E-state index is 0.186. The van der Waals surface area contributed by atoms with Crippen LogP contribution in [0.2, 0.25) is 0 Å². The van der Waals surface area contributed by atoms with Gasteiger partial charge in [0.25, 0.3) is 0 Å². The van der Waals surface area contributed by atoms with Gasteiger partial charge >= 0.3 is 0 Å². The average Bonchev–Trinajstić information content (AvgIpc) is 2.31. The van der Waals surface area contributed by atoms with Crippen molar-refractivity contribution in [3.63, 3.8) is 0 Å². The maximum Gasteiger partial charge on any atom is 0.247 e. The van der Waals surface area contributed by atoms with Gasteiger partial charge in [-0.2, -0.15) is 0 Å². The smallest absolute Gasteiger partial charge is 0.247 e. The Morgan fingerprint density at radius 1 is 1.54 bits per heavy atom. The zero-order valence-corrected chi connectivity index (χ0v) is 8.18. The second kappa shape index (κ2) is 3.52. The van der Waals surface area contributed by atoms with E-state index >= 15 is 0 Å². The highest BCUT2D eigenvalue weighted by Crippen LogP contribution is 2.25. The van der Waals surface area contributed by atoms with Gasteiger partial charge in [0.15, 0.2) is 0 Å². The molecule has 0 aromatic rings. The Balaban J connectivity index is 1.81. The number of carbonyl (C=O) groups is 1. The molecule has 2 heteroatoms. The molecule has 1 N–H and O–H groups in total. The molecule has 2 rings (SSSR count). The van der Waals surface area contributed by atoms with Crippen molar-refractivity contribution in [3.8, 4) is 0 Å². The van der Waals surface area contributed by atoms with Gasteiger partial charge in [0.1, 0.15) is 0 Å². The molecule has 13 heavy (non-hydrogen) atoms. The molecule has 2 atom stereocenters.